The minimum absolute atomic E-state index is 0.0142. The Morgan fingerprint density at radius 3 is 2.67 bits per heavy atom. The van der Waals surface area contributed by atoms with Gasteiger partial charge < -0.3 is 11.1 Å². The zero-order valence-electron chi connectivity index (χ0n) is 12.8. The standard InChI is InChI=1S/C16H23N3OS/c1-10-8-11(2)19(9-10)12(3)16(20)18-14-7-5-4-6-13(14)15(17)21/h4-7,10-12H,8-9H2,1-3H3,(H2,17,21)(H,18,20). The van der Waals surface area contributed by atoms with E-state index in [0.29, 0.717) is 28.2 Å². The van der Waals surface area contributed by atoms with Crippen LogP contribution in [0.4, 0.5) is 5.69 Å². The second-order valence-electron chi connectivity index (χ2n) is 5.96. The highest BCUT2D eigenvalue weighted by molar-refractivity contribution is 7.80. The summed E-state index contributed by atoms with van der Waals surface area (Å²) in [6, 6.07) is 7.65. The fourth-order valence-corrected chi connectivity index (χ4v) is 3.24. The lowest BCUT2D eigenvalue weighted by Gasteiger charge is -2.27. The number of para-hydroxylation sites is 1. The minimum atomic E-state index is -0.163. The van der Waals surface area contributed by atoms with Gasteiger partial charge in [-0.2, -0.15) is 0 Å². The van der Waals surface area contributed by atoms with Crippen molar-refractivity contribution >= 4 is 28.8 Å². The van der Waals surface area contributed by atoms with E-state index in [4.69, 9.17) is 18.0 Å². The Hall–Kier alpha value is -1.46. The van der Waals surface area contributed by atoms with Crippen LogP contribution in [0.25, 0.3) is 0 Å². The van der Waals surface area contributed by atoms with Crippen LogP contribution in [0.1, 0.15) is 32.8 Å². The first-order chi connectivity index (χ1) is 9.90. The maximum absolute atomic E-state index is 12.5. The summed E-state index contributed by atoms with van der Waals surface area (Å²) in [7, 11) is 0. The van der Waals surface area contributed by atoms with E-state index in [2.05, 4.69) is 24.1 Å². The molecule has 0 aliphatic carbocycles. The first kappa shape index (κ1) is 15.9. The van der Waals surface area contributed by atoms with E-state index in [-0.39, 0.29) is 11.9 Å². The normalized spacial score (nSPS) is 23.8. The fourth-order valence-electron chi connectivity index (χ4n) is 3.07. The molecule has 1 fully saturated rings. The summed E-state index contributed by atoms with van der Waals surface area (Å²) >= 11 is 5.03. The van der Waals surface area contributed by atoms with Crippen LogP contribution < -0.4 is 11.1 Å². The number of rotatable bonds is 4. The number of hydrogen-bond donors (Lipinski definition) is 2. The van der Waals surface area contributed by atoms with Gasteiger partial charge in [-0.15, -0.1) is 0 Å². The van der Waals surface area contributed by atoms with Crippen molar-refractivity contribution in [3.63, 3.8) is 0 Å². The SMILES string of the molecule is CC1CC(C)N(C(C)C(=O)Nc2ccccc2C(N)=S)C1. The van der Waals surface area contributed by atoms with Gasteiger partial charge >= 0.3 is 0 Å². The summed E-state index contributed by atoms with van der Waals surface area (Å²) in [5.41, 5.74) is 7.09. The molecule has 0 aromatic heterocycles. The molecule has 1 saturated heterocycles. The highest BCUT2D eigenvalue weighted by atomic mass is 32.1. The average molecular weight is 305 g/mol. The summed E-state index contributed by atoms with van der Waals surface area (Å²) in [5.74, 6) is 0.624. The zero-order chi connectivity index (χ0) is 15.6. The van der Waals surface area contributed by atoms with Gasteiger partial charge in [0, 0.05) is 18.2 Å². The number of carbonyl (C=O) groups is 1. The van der Waals surface area contributed by atoms with Crippen LogP contribution in [0.15, 0.2) is 24.3 Å². The third kappa shape index (κ3) is 3.60. The zero-order valence-corrected chi connectivity index (χ0v) is 13.6. The van der Waals surface area contributed by atoms with E-state index in [1.54, 1.807) is 0 Å². The number of amides is 1. The van der Waals surface area contributed by atoms with Crippen molar-refractivity contribution in [3.05, 3.63) is 29.8 Å². The molecular formula is C16H23N3OS. The Bertz CT molecular complexity index is 546. The van der Waals surface area contributed by atoms with Crippen LogP contribution >= 0.6 is 12.2 Å². The second-order valence-corrected chi connectivity index (χ2v) is 6.40. The smallest absolute Gasteiger partial charge is 0.241 e. The monoisotopic (exact) mass is 305 g/mol. The summed E-state index contributed by atoms with van der Waals surface area (Å²) in [6.07, 6.45) is 1.14. The molecule has 1 aromatic carbocycles. The Kier molecular flexibility index (Phi) is 4.96. The van der Waals surface area contributed by atoms with Gasteiger partial charge in [-0.05, 0) is 38.3 Å². The molecule has 2 rings (SSSR count). The molecule has 1 amide bonds. The minimum Gasteiger partial charge on any atom is -0.389 e. The molecule has 3 atom stereocenters. The maximum Gasteiger partial charge on any atom is 0.241 e. The molecule has 3 unspecified atom stereocenters. The number of nitrogens with zero attached hydrogens (tertiary/aromatic N) is 1. The lowest BCUT2D eigenvalue weighted by Crippen LogP contribution is -2.44. The van der Waals surface area contributed by atoms with Crippen LogP contribution in [-0.4, -0.2) is 34.4 Å². The maximum atomic E-state index is 12.5. The summed E-state index contributed by atoms with van der Waals surface area (Å²) in [5, 5.41) is 2.96. The number of carbonyl (C=O) groups excluding carboxylic acids is 1. The molecule has 1 aliphatic heterocycles. The molecule has 21 heavy (non-hydrogen) atoms. The van der Waals surface area contributed by atoms with E-state index in [1.165, 1.54) is 0 Å². The lowest BCUT2D eigenvalue weighted by molar-refractivity contribution is -0.121. The van der Waals surface area contributed by atoms with Gasteiger partial charge in [-0.25, -0.2) is 0 Å². The van der Waals surface area contributed by atoms with Crippen molar-refractivity contribution in [1.29, 1.82) is 0 Å². The van der Waals surface area contributed by atoms with Crippen molar-refractivity contribution in [2.75, 3.05) is 11.9 Å². The van der Waals surface area contributed by atoms with Crippen molar-refractivity contribution in [2.24, 2.45) is 11.7 Å². The van der Waals surface area contributed by atoms with Crippen molar-refractivity contribution in [3.8, 4) is 0 Å². The molecule has 0 radical (unpaired) electrons. The van der Waals surface area contributed by atoms with Gasteiger partial charge in [-0.3, -0.25) is 9.69 Å². The Morgan fingerprint density at radius 1 is 1.43 bits per heavy atom. The quantitative estimate of drug-likeness (QED) is 0.839. The third-order valence-corrected chi connectivity index (χ3v) is 4.38. The average Bonchev–Trinajstić information content (AvgIpc) is 2.77. The van der Waals surface area contributed by atoms with Crippen molar-refractivity contribution in [2.45, 2.75) is 39.3 Å². The van der Waals surface area contributed by atoms with E-state index in [1.807, 2.05) is 31.2 Å². The molecule has 4 nitrogen and oxygen atoms in total. The second kappa shape index (κ2) is 6.54. The van der Waals surface area contributed by atoms with Crippen LogP contribution in [0.2, 0.25) is 0 Å². The predicted molar refractivity (Wildman–Crippen MR) is 90.4 cm³/mol. The summed E-state index contributed by atoms with van der Waals surface area (Å²) in [6.45, 7) is 7.32. The molecule has 3 N–H and O–H groups in total. The molecule has 0 saturated carbocycles. The van der Waals surface area contributed by atoms with Crippen molar-refractivity contribution in [1.82, 2.24) is 4.90 Å². The van der Waals surface area contributed by atoms with Gasteiger partial charge in [0.15, 0.2) is 0 Å². The molecule has 1 aliphatic rings. The molecular weight excluding hydrogens is 282 g/mol. The Labute approximate surface area is 131 Å². The summed E-state index contributed by atoms with van der Waals surface area (Å²) in [4.78, 5) is 15.0. The van der Waals surface area contributed by atoms with Crippen LogP contribution in [0.3, 0.4) is 0 Å². The van der Waals surface area contributed by atoms with Gasteiger partial charge in [0.25, 0.3) is 0 Å². The fraction of sp³-hybridized carbons (Fsp3) is 0.500. The molecule has 5 heteroatoms. The molecule has 1 aromatic rings. The van der Waals surface area contributed by atoms with Crippen LogP contribution in [-0.2, 0) is 4.79 Å². The molecule has 1 heterocycles. The van der Waals surface area contributed by atoms with Gasteiger partial charge in [0.05, 0.1) is 11.7 Å². The molecule has 0 spiro atoms. The number of hydrogen-bond acceptors (Lipinski definition) is 3. The number of benzene rings is 1. The van der Waals surface area contributed by atoms with Crippen molar-refractivity contribution < 1.29 is 4.79 Å². The van der Waals surface area contributed by atoms with E-state index < -0.39 is 0 Å². The number of thiocarbonyl (C=S) groups is 1. The topological polar surface area (TPSA) is 58.4 Å². The largest absolute Gasteiger partial charge is 0.389 e. The van der Waals surface area contributed by atoms with Gasteiger partial charge in [0.1, 0.15) is 4.99 Å². The summed E-state index contributed by atoms with van der Waals surface area (Å²) < 4.78 is 0. The lowest BCUT2D eigenvalue weighted by atomic mass is 10.1. The highest BCUT2D eigenvalue weighted by Crippen LogP contribution is 2.25. The Balaban J connectivity index is 2.10. The number of likely N-dealkylation sites (tertiary alicyclic amines) is 1. The first-order valence-corrected chi connectivity index (χ1v) is 7.76. The number of nitrogens with two attached hydrogens (primary N) is 1. The Morgan fingerprint density at radius 2 is 2.10 bits per heavy atom. The first-order valence-electron chi connectivity index (χ1n) is 7.35. The van der Waals surface area contributed by atoms with Crippen LogP contribution in [0, 0.1) is 5.92 Å². The third-order valence-electron chi connectivity index (χ3n) is 4.16. The predicted octanol–water partition coefficient (Wildman–Crippen LogP) is 2.38. The number of anilines is 1. The van der Waals surface area contributed by atoms with E-state index in [9.17, 15) is 4.79 Å². The molecule has 0 bridgehead atoms. The highest BCUT2D eigenvalue weighted by Gasteiger charge is 2.33. The van der Waals surface area contributed by atoms with E-state index >= 15 is 0 Å². The van der Waals surface area contributed by atoms with Gasteiger partial charge in [0.2, 0.25) is 5.91 Å². The molecule has 114 valence electrons. The van der Waals surface area contributed by atoms with Crippen LogP contribution in [0.5, 0.6) is 0 Å². The van der Waals surface area contributed by atoms with E-state index in [0.717, 1.165) is 13.0 Å². The number of nitrogens with one attached hydrogen (secondary N) is 1. The van der Waals surface area contributed by atoms with Gasteiger partial charge in [-0.1, -0.05) is 31.3 Å².